The van der Waals surface area contributed by atoms with Crippen LogP contribution in [0.2, 0.25) is 10.0 Å². The van der Waals surface area contributed by atoms with Crippen LogP contribution in [0.1, 0.15) is 22.3 Å². The van der Waals surface area contributed by atoms with Gasteiger partial charge in [0.25, 0.3) is 5.91 Å². The molecule has 0 saturated heterocycles. The molecule has 0 aliphatic carbocycles. The van der Waals surface area contributed by atoms with Crippen LogP contribution in [0.15, 0.2) is 114 Å². The summed E-state index contributed by atoms with van der Waals surface area (Å²) in [7, 11) is 0. The predicted molar refractivity (Wildman–Crippen MR) is 149 cm³/mol. The molecule has 0 aliphatic rings. The summed E-state index contributed by atoms with van der Waals surface area (Å²) in [6, 6.07) is 31.0. The smallest absolute Gasteiger partial charge is 0.281 e. The Hall–Kier alpha value is -3.90. The van der Waals surface area contributed by atoms with Gasteiger partial charge in [-0.05, 0) is 34.9 Å². The van der Waals surface area contributed by atoms with E-state index in [4.69, 9.17) is 23.2 Å². The van der Waals surface area contributed by atoms with Gasteiger partial charge in [0.2, 0.25) is 0 Å². The third-order valence-corrected chi connectivity index (χ3v) is 6.84. The lowest BCUT2D eigenvalue weighted by molar-refractivity contribution is -0.136. The molecule has 0 atom stereocenters. The summed E-state index contributed by atoms with van der Waals surface area (Å²) in [5, 5.41) is 18.0. The number of nitrogens with one attached hydrogen (secondary N) is 1. The maximum atomic E-state index is 13.3. The van der Waals surface area contributed by atoms with E-state index in [1.165, 1.54) is 0 Å². The highest BCUT2D eigenvalue weighted by atomic mass is 35.5. The lowest BCUT2D eigenvalue weighted by atomic mass is 9.85. The van der Waals surface area contributed by atoms with Crippen LogP contribution < -0.4 is 5.43 Å². The molecule has 1 aromatic heterocycles. The van der Waals surface area contributed by atoms with Gasteiger partial charge in [0.15, 0.2) is 5.60 Å². The van der Waals surface area contributed by atoms with Gasteiger partial charge < -0.3 is 9.67 Å². The zero-order valence-electron chi connectivity index (χ0n) is 19.7. The Morgan fingerprint density at radius 2 is 1.51 bits per heavy atom. The number of fused-ring (bicyclic) bond motifs is 1. The quantitative estimate of drug-likeness (QED) is 0.190. The summed E-state index contributed by atoms with van der Waals surface area (Å²) in [5.74, 6) is -0.655. The molecule has 0 radical (unpaired) electrons. The van der Waals surface area contributed by atoms with Gasteiger partial charge in [-0.3, -0.25) is 4.79 Å². The summed E-state index contributed by atoms with van der Waals surface area (Å²) in [5.41, 5.74) is 4.27. The minimum atomic E-state index is -1.90. The lowest BCUT2D eigenvalue weighted by Gasteiger charge is -2.27. The van der Waals surface area contributed by atoms with Crippen LogP contribution in [0.4, 0.5) is 0 Å². The lowest BCUT2D eigenvalue weighted by Crippen LogP contribution is -2.43. The van der Waals surface area contributed by atoms with Gasteiger partial charge in [-0.25, -0.2) is 5.43 Å². The molecular weight excluding hydrogens is 505 g/mol. The van der Waals surface area contributed by atoms with E-state index in [1.807, 2.05) is 54.7 Å². The molecular formula is C30H23Cl2N3O2. The number of rotatable bonds is 7. The largest absolute Gasteiger partial charge is 0.372 e. The van der Waals surface area contributed by atoms with Crippen LogP contribution >= 0.6 is 23.2 Å². The maximum Gasteiger partial charge on any atom is 0.281 e. The summed E-state index contributed by atoms with van der Waals surface area (Å²) < 4.78 is 2.07. The molecule has 4 aromatic carbocycles. The highest BCUT2D eigenvalue weighted by Gasteiger charge is 2.39. The van der Waals surface area contributed by atoms with Crippen LogP contribution in [0.5, 0.6) is 0 Å². The number of hydrogen-bond donors (Lipinski definition) is 2. The second-order valence-electron chi connectivity index (χ2n) is 8.61. The van der Waals surface area contributed by atoms with Crippen molar-refractivity contribution < 1.29 is 9.90 Å². The molecule has 1 heterocycles. The van der Waals surface area contributed by atoms with Crippen molar-refractivity contribution in [1.29, 1.82) is 0 Å². The van der Waals surface area contributed by atoms with Gasteiger partial charge in [-0.1, -0.05) is 108 Å². The molecule has 0 unspecified atom stereocenters. The zero-order valence-corrected chi connectivity index (χ0v) is 21.2. The van der Waals surface area contributed by atoms with Gasteiger partial charge in [0.1, 0.15) is 0 Å². The van der Waals surface area contributed by atoms with Crippen molar-refractivity contribution in [2.45, 2.75) is 12.1 Å². The number of carbonyl (C=O) groups excluding carboxylic acids is 1. The first-order valence-electron chi connectivity index (χ1n) is 11.7. The van der Waals surface area contributed by atoms with E-state index in [1.54, 1.807) is 60.8 Å². The third-order valence-electron chi connectivity index (χ3n) is 6.26. The second-order valence-corrected chi connectivity index (χ2v) is 9.45. The summed E-state index contributed by atoms with van der Waals surface area (Å²) in [4.78, 5) is 13.3. The summed E-state index contributed by atoms with van der Waals surface area (Å²) >= 11 is 12.5. The molecule has 2 N–H and O–H groups in total. The molecule has 0 saturated carbocycles. The number of hydrazone groups is 1. The Morgan fingerprint density at radius 1 is 0.892 bits per heavy atom. The molecule has 184 valence electrons. The molecule has 5 nitrogen and oxygen atoms in total. The highest BCUT2D eigenvalue weighted by Crippen LogP contribution is 2.30. The molecule has 0 spiro atoms. The first kappa shape index (κ1) is 24.8. The summed E-state index contributed by atoms with van der Waals surface area (Å²) in [6.07, 6.45) is 3.53. The number of hydrogen-bond acceptors (Lipinski definition) is 3. The van der Waals surface area contributed by atoms with Crippen molar-refractivity contribution in [1.82, 2.24) is 9.99 Å². The number of amides is 1. The van der Waals surface area contributed by atoms with Crippen molar-refractivity contribution in [3.63, 3.8) is 0 Å². The van der Waals surface area contributed by atoms with Crippen molar-refractivity contribution in [3.8, 4) is 0 Å². The molecule has 5 aromatic rings. The molecule has 5 rings (SSSR count). The standard InChI is InChI=1S/C30H23Cl2N3O2/c31-25-16-15-21(27(32)17-25)19-35-20-22(26-13-7-8-14-28(26)35)18-33-34-29(36)30(37,23-9-3-1-4-10-23)24-11-5-2-6-12-24/h1-18,20,37H,19H2,(H,34,36)/b33-18-. The van der Waals surface area contributed by atoms with Gasteiger partial charge in [-0.15, -0.1) is 0 Å². The molecule has 1 amide bonds. The van der Waals surface area contributed by atoms with Crippen molar-refractivity contribution in [2.24, 2.45) is 5.10 Å². The summed E-state index contributed by atoms with van der Waals surface area (Å²) in [6.45, 7) is 0.540. The molecule has 0 fully saturated rings. The third kappa shape index (κ3) is 5.02. The van der Waals surface area contributed by atoms with E-state index in [-0.39, 0.29) is 0 Å². The van der Waals surface area contributed by atoms with Crippen LogP contribution in [-0.4, -0.2) is 21.8 Å². The first-order chi connectivity index (χ1) is 18.0. The number of benzene rings is 4. The molecule has 7 heteroatoms. The predicted octanol–water partition coefficient (Wildman–Crippen LogP) is 6.38. The average Bonchev–Trinajstić information content (AvgIpc) is 3.28. The first-order valence-corrected chi connectivity index (χ1v) is 12.4. The van der Waals surface area contributed by atoms with E-state index in [0.717, 1.165) is 22.0 Å². The van der Waals surface area contributed by atoms with Crippen molar-refractivity contribution in [3.05, 3.63) is 142 Å². The Balaban J connectivity index is 1.44. The minimum absolute atomic E-state index is 0.449. The highest BCUT2D eigenvalue weighted by molar-refractivity contribution is 6.35. The van der Waals surface area contributed by atoms with E-state index < -0.39 is 11.5 Å². The van der Waals surface area contributed by atoms with Crippen LogP contribution in [-0.2, 0) is 16.9 Å². The van der Waals surface area contributed by atoms with Crippen molar-refractivity contribution in [2.75, 3.05) is 0 Å². The average molecular weight is 528 g/mol. The fraction of sp³-hybridized carbons (Fsp3) is 0.0667. The number of aromatic nitrogens is 1. The number of carbonyl (C=O) groups is 1. The topological polar surface area (TPSA) is 66.6 Å². The van der Waals surface area contributed by atoms with E-state index in [0.29, 0.717) is 27.7 Å². The van der Waals surface area contributed by atoms with E-state index >= 15 is 0 Å². The van der Waals surface area contributed by atoms with Crippen molar-refractivity contribution >= 4 is 46.2 Å². The number of aliphatic hydroxyl groups is 1. The Kier molecular flexibility index (Phi) is 7.10. The SMILES string of the molecule is O=C(N/N=C\c1cn(Cc2ccc(Cl)cc2Cl)c2ccccc12)C(O)(c1ccccc1)c1ccccc1. The number of halogens is 2. The Labute approximate surface area is 224 Å². The van der Waals surface area contributed by atoms with Gasteiger partial charge in [0.05, 0.1) is 6.21 Å². The van der Waals surface area contributed by atoms with Gasteiger partial charge in [-0.2, -0.15) is 5.10 Å². The second kappa shape index (κ2) is 10.6. The fourth-order valence-corrected chi connectivity index (χ4v) is 4.84. The van der Waals surface area contributed by atoms with E-state index in [2.05, 4.69) is 15.1 Å². The molecule has 37 heavy (non-hydrogen) atoms. The number of para-hydroxylation sites is 1. The maximum absolute atomic E-state index is 13.3. The molecule has 0 aliphatic heterocycles. The Bertz CT molecular complexity index is 1540. The van der Waals surface area contributed by atoms with Crippen LogP contribution in [0.25, 0.3) is 10.9 Å². The van der Waals surface area contributed by atoms with Crippen LogP contribution in [0.3, 0.4) is 0 Å². The Morgan fingerprint density at radius 3 is 2.16 bits per heavy atom. The van der Waals surface area contributed by atoms with Gasteiger partial charge in [0, 0.05) is 39.3 Å². The fourth-order valence-electron chi connectivity index (χ4n) is 4.37. The van der Waals surface area contributed by atoms with Crippen LogP contribution in [0, 0.1) is 0 Å². The van der Waals surface area contributed by atoms with E-state index in [9.17, 15) is 9.90 Å². The normalized spacial score (nSPS) is 11.8. The zero-order chi connectivity index (χ0) is 25.8. The minimum Gasteiger partial charge on any atom is -0.372 e. The number of nitrogens with zero attached hydrogens (tertiary/aromatic N) is 2. The monoisotopic (exact) mass is 527 g/mol. The molecule has 0 bridgehead atoms. The van der Waals surface area contributed by atoms with Gasteiger partial charge >= 0.3 is 0 Å².